The normalized spacial score (nSPS) is 14.3. The Morgan fingerprint density at radius 1 is 0.340 bits per heavy atom. The zero-order chi connectivity index (χ0) is 33.3. The zero-order valence-electron chi connectivity index (χ0n) is 28.1. The van der Waals surface area contributed by atoms with E-state index < -0.39 is 0 Å². The fraction of sp³-hybridized carbons (Fsp3) is 0.167. The summed E-state index contributed by atoms with van der Waals surface area (Å²) in [6, 6.07) is 43.2. The van der Waals surface area contributed by atoms with Crippen molar-refractivity contribution in [1.29, 1.82) is 0 Å². The molecule has 0 bridgehead atoms. The van der Waals surface area contributed by atoms with Gasteiger partial charge in [-0.3, -0.25) is 0 Å². The third-order valence-corrected chi connectivity index (χ3v) is 11.6. The van der Waals surface area contributed by atoms with Gasteiger partial charge in [-0.15, -0.1) is 0 Å². The molecule has 0 heterocycles. The third-order valence-electron chi connectivity index (χ3n) is 11.6. The molecule has 2 aliphatic rings. The predicted octanol–water partition coefficient (Wildman–Crippen LogP) is 12.5. The van der Waals surface area contributed by atoms with Crippen LogP contribution in [-0.4, -0.2) is 10.2 Å². The average molecular weight is 647 g/mol. The number of hydrogen-bond acceptors (Lipinski definition) is 2. The third kappa shape index (κ3) is 4.41. The fourth-order valence-corrected chi connectivity index (χ4v) is 9.31. The van der Waals surface area contributed by atoms with Gasteiger partial charge in [-0.2, -0.15) is 0 Å². The van der Waals surface area contributed by atoms with Crippen molar-refractivity contribution in [2.45, 2.75) is 51.4 Å². The molecule has 0 amide bonds. The maximum atomic E-state index is 12.9. The van der Waals surface area contributed by atoms with E-state index in [2.05, 4.69) is 121 Å². The lowest BCUT2D eigenvalue weighted by molar-refractivity contribution is 0.468. The molecule has 0 atom stereocenters. The summed E-state index contributed by atoms with van der Waals surface area (Å²) in [5, 5.41) is 34.9. The quantitative estimate of drug-likeness (QED) is 0.188. The first kappa shape index (κ1) is 29.3. The second-order valence-corrected chi connectivity index (χ2v) is 14.4. The smallest absolute Gasteiger partial charge is 0.131 e. The average Bonchev–Trinajstić information content (AvgIpc) is 3.16. The maximum Gasteiger partial charge on any atom is 0.131 e. The Morgan fingerprint density at radius 2 is 0.660 bits per heavy atom. The molecule has 8 aromatic rings. The molecule has 0 aromatic heterocycles. The van der Waals surface area contributed by atoms with Gasteiger partial charge in [-0.1, -0.05) is 97.1 Å². The van der Waals surface area contributed by atoms with Crippen LogP contribution in [0.15, 0.2) is 121 Å². The molecule has 10 rings (SSSR count). The highest BCUT2D eigenvalue weighted by Crippen LogP contribution is 2.54. The van der Waals surface area contributed by atoms with E-state index in [4.69, 9.17) is 0 Å². The lowest BCUT2D eigenvalue weighted by Gasteiger charge is -2.29. The molecule has 0 aliphatic heterocycles. The van der Waals surface area contributed by atoms with Crippen LogP contribution in [0.5, 0.6) is 11.5 Å². The SMILES string of the molecule is Oc1c(-c2c3ccccc3cc3ccccc23)cc2c(c1-c1c(O)c(-c3c4ccccc4cc4ccccc34)cc3c1CCCC3)CCCC2. The van der Waals surface area contributed by atoms with Crippen molar-refractivity contribution in [3.63, 3.8) is 0 Å². The molecular weight excluding hydrogens is 609 g/mol. The number of phenolic OH excluding ortho intramolecular Hbond substituents is 2. The Morgan fingerprint density at radius 3 is 1.02 bits per heavy atom. The minimum atomic E-state index is 0.287. The van der Waals surface area contributed by atoms with Gasteiger partial charge in [0.2, 0.25) is 0 Å². The van der Waals surface area contributed by atoms with Gasteiger partial charge < -0.3 is 10.2 Å². The summed E-state index contributed by atoms with van der Waals surface area (Å²) < 4.78 is 0. The number of fused-ring (bicyclic) bond motifs is 6. The van der Waals surface area contributed by atoms with Crippen LogP contribution in [0.3, 0.4) is 0 Å². The van der Waals surface area contributed by atoms with Crippen LogP contribution in [0, 0.1) is 0 Å². The molecule has 2 heteroatoms. The van der Waals surface area contributed by atoms with Crippen molar-refractivity contribution in [2.75, 3.05) is 0 Å². The monoisotopic (exact) mass is 646 g/mol. The first-order chi connectivity index (χ1) is 24.7. The van der Waals surface area contributed by atoms with Crippen molar-refractivity contribution in [3.8, 4) is 44.9 Å². The molecule has 0 spiro atoms. The molecule has 0 fully saturated rings. The van der Waals surface area contributed by atoms with Crippen LogP contribution in [0.1, 0.15) is 47.9 Å². The van der Waals surface area contributed by atoms with Crippen molar-refractivity contribution < 1.29 is 10.2 Å². The van der Waals surface area contributed by atoms with Gasteiger partial charge in [0, 0.05) is 33.4 Å². The van der Waals surface area contributed by atoms with Gasteiger partial charge in [0.1, 0.15) is 11.5 Å². The van der Waals surface area contributed by atoms with Crippen LogP contribution in [-0.2, 0) is 25.7 Å². The van der Waals surface area contributed by atoms with Gasteiger partial charge in [0.25, 0.3) is 0 Å². The Hall–Kier alpha value is -5.60. The molecule has 50 heavy (non-hydrogen) atoms. The Labute approximate surface area is 292 Å². The highest BCUT2D eigenvalue weighted by molar-refractivity contribution is 6.16. The van der Waals surface area contributed by atoms with Crippen molar-refractivity contribution in [1.82, 2.24) is 0 Å². The van der Waals surface area contributed by atoms with E-state index >= 15 is 0 Å². The highest BCUT2D eigenvalue weighted by Gasteiger charge is 2.30. The van der Waals surface area contributed by atoms with Gasteiger partial charge in [-0.25, -0.2) is 0 Å². The van der Waals surface area contributed by atoms with Crippen molar-refractivity contribution in [3.05, 3.63) is 144 Å². The summed E-state index contributed by atoms with van der Waals surface area (Å²) in [4.78, 5) is 0. The molecule has 2 aliphatic carbocycles. The summed E-state index contributed by atoms with van der Waals surface area (Å²) in [5.41, 5.74) is 10.5. The first-order valence-corrected chi connectivity index (χ1v) is 18.2. The molecule has 0 unspecified atom stereocenters. The van der Waals surface area contributed by atoms with E-state index in [9.17, 15) is 10.2 Å². The summed E-state index contributed by atoms with van der Waals surface area (Å²) in [5.74, 6) is 0.574. The minimum absolute atomic E-state index is 0.287. The molecular formula is C48H38O2. The van der Waals surface area contributed by atoms with Gasteiger partial charge in [-0.05, 0) is 141 Å². The summed E-state index contributed by atoms with van der Waals surface area (Å²) in [6.45, 7) is 0. The summed E-state index contributed by atoms with van der Waals surface area (Å²) in [7, 11) is 0. The Balaban J connectivity index is 1.35. The molecule has 8 aromatic carbocycles. The molecule has 2 N–H and O–H groups in total. The van der Waals surface area contributed by atoms with E-state index in [1.165, 1.54) is 22.3 Å². The molecule has 0 radical (unpaired) electrons. The lowest BCUT2D eigenvalue weighted by atomic mass is 9.76. The van der Waals surface area contributed by atoms with Crippen LogP contribution >= 0.6 is 0 Å². The Bertz CT molecular complexity index is 2390. The standard InChI is InChI=1S/C48H38O2/c49-47-41(43-35-19-7-1-13-29(35)25-30-14-2-8-20-36(30)43)27-33-17-5-11-23-39(33)45(47)46-40-24-12-6-18-34(40)28-42(48(46)50)44-37-21-9-3-15-31(37)26-32-16-4-10-22-38(32)44/h1-4,7-10,13-16,19-22,25-28,49-50H,5-6,11-12,17-18,23-24H2. The zero-order valence-corrected chi connectivity index (χ0v) is 28.1. The predicted molar refractivity (Wildman–Crippen MR) is 209 cm³/mol. The maximum absolute atomic E-state index is 12.9. The first-order valence-electron chi connectivity index (χ1n) is 18.2. The summed E-state index contributed by atoms with van der Waals surface area (Å²) in [6.07, 6.45) is 8.12. The van der Waals surface area contributed by atoms with Gasteiger partial charge >= 0.3 is 0 Å². The highest BCUT2D eigenvalue weighted by atomic mass is 16.3. The second-order valence-electron chi connectivity index (χ2n) is 14.4. The van der Waals surface area contributed by atoms with Crippen LogP contribution in [0.25, 0.3) is 76.5 Å². The van der Waals surface area contributed by atoms with Crippen LogP contribution in [0.4, 0.5) is 0 Å². The number of aryl methyl sites for hydroxylation is 2. The molecule has 2 nitrogen and oxygen atoms in total. The number of hydrogen-bond donors (Lipinski definition) is 2. The van der Waals surface area contributed by atoms with E-state index in [0.29, 0.717) is 0 Å². The second kappa shape index (κ2) is 11.5. The van der Waals surface area contributed by atoms with Crippen LogP contribution in [0.2, 0.25) is 0 Å². The van der Waals surface area contributed by atoms with E-state index in [-0.39, 0.29) is 11.5 Å². The van der Waals surface area contributed by atoms with Crippen molar-refractivity contribution in [2.24, 2.45) is 0 Å². The summed E-state index contributed by atoms with van der Waals surface area (Å²) >= 11 is 0. The Kier molecular flexibility index (Phi) is 6.74. The topological polar surface area (TPSA) is 40.5 Å². The van der Waals surface area contributed by atoms with Crippen LogP contribution < -0.4 is 0 Å². The number of benzene rings is 8. The van der Waals surface area contributed by atoms with E-state index in [1.807, 2.05) is 0 Å². The molecule has 0 saturated carbocycles. The molecule has 242 valence electrons. The lowest BCUT2D eigenvalue weighted by Crippen LogP contribution is -2.10. The minimum Gasteiger partial charge on any atom is -0.507 e. The largest absolute Gasteiger partial charge is 0.507 e. The van der Waals surface area contributed by atoms with Gasteiger partial charge in [0.15, 0.2) is 0 Å². The molecule has 0 saturated heterocycles. The fourth-order valence-electron chi connectivity index (χ4n) is 9.31. The number of rotatable bonds is 3. The number of aromatic hydroxyl groups is 2. The van der Waals surface area contributed by atoms with E-state index in [1.54, 1.807) is 0 Å². The van der Waals surface area contributed by atoms with Gasteiger partial charge in [0.05, 0.1) is 0 Å². The number of phenols is 2. The van der Waals surface area contributed by atoms with Crippen molar-refractivity contribution >= 4 is 43.1 Å². The van der Waals surface area contributed by atoms with E-state index in [0.717, 1.165) is 128 Å².